The van der Waals surface area contributed by atoms with E-state index in [0.717, 1.165) is 0 Å². The van der Waals surface area contributed by atoms with E-state index in [1.807, 2.05) is 6.07 Å². The van der Waals surface area contributed by atoms with E-state index in [1.54, 1.807) is 0 Å². The normalized spacial score (nSPS) is 15.8. The average Bonchev–Trinajstić information content (AvgIpc) is 2.58. The van der Waals surface area contributed by atoms with Crippen LogP contribution in [0.5, 0.6) is 0 Å². The predicted molar refractivity (Wildman–Crippen MR) is 106 cm³/mol. The molecule has 0 amide bonds. The molecule has 136 valence electrons. The SMILES string of the molecule is CC(ONC(C(c1ccccc1)C(C)C)C(C)(C)C)c1ccccc1. The molecule has 0 radical (unpaired) electrons. The summed E-state index contributed by atoms with van der Waals surface area (Å²) >= 11 is 0. The summed E-state index contributed by atoms with van der Waals surface area (Å²) in [5.41, 5.74) is 6.05. The van der Waals surface area contributed by atoms with Crippen molar-refractivity contribution < 1.29 is 4.84 Å². The number of hydrogen-bond donors (Lipinski definition) is 1. The largest absolute Gasteiger partial charge is 0.294 e. The average molecular weight is 340 g/mol. The summed E-state index contributed by atoms with van der Waals surface area (Å²) in [7, 11) is 0. The van der Waals surface area contributed by atoms with Gasteiger partial charge in [-0.1, -0.05) is 95.3 Å². The summed E-state index contributed by atoms with van der Waals surface area (Å²) in [6.45, 7) is 13.5. The Morgan fingerprint density at radius 3 is 1.68 bits per heavy atom. The van der Waals surface area contributed by atoms with E-state index in [1.165, 1.54) is 11.1 Å². The molecule has 2 heteroatoms. The Balaban J connectivity index is 2.20. The lowest BCUT2D eigenvalue weighted by Crippen LogP contribution is -2.46. The topological polar surface area (TPSA) is 21.3 Å². The van der Waals surface area contributed by atoms with Crippen molar-refractivity contribution in [2.24, 2.45) is 11.3 Å². The van der Waals surface area contributed by atoms with E-state index in [2.05, 4.69) is 102 Å². The summed E-state index contributed by atoms with van der Waals surface area (Å²) in [4.78, 5) is 6.12. The van der Waals surface area contributed by atoms with E-state index in [-0.39, 0.29) is 17.6 Å². The first-order valence-corrected chi connectivity index (χ1v) is 9.31. The minimum absolute atomic E-state index is 0.00892. The van der Waals surface area contributed by atoms with Gasteiger partial charge < -0.3 is 0 Å². The molecule has 0 aliphatic heterocycles. The van der Waals surface area contributed by atoms with Gasteiger partial charge >= 0.3 is 0 Å². The van der Waals surface area contributed by atoms with E-state index in [9.17, 15) is 0 Å². The van der Waals surface area contributed by atoms with Crippen LogP contribution in [0, 0.1) is 11.3 Å². The van der Waals surface area contributed by atoms with Crippen LogP contribution in [0.15, 0.2) is 60.7 Å². The first kappa shape index (κ1) is 19.7. The van der Waals surface area contributed by atoms with Crippen LogP contribution in [0.4, 0.5) is 0 Å². The van der Waals surface area contributed by atoms with Crippen molar-refractivity contribution in [2.75, 3.05) is 0 Å². The summed E-state index contributed by atoms with van der Waals surface area (Å²) in [5.74, 6) is 0.888. The number of benzene rings is 2. The van der Waals surface area contributed by atoms with Gasteiger partial charge in [-0.2, -0.15) is 5.48 Å². The van der Waals surface area contributed by atoms with Gasteiger partial charge in [0.1, 0.15) is 6.10 Å². The van der Waals surface area contributed by atoms with Crippen molar-refractivity contribution in [1.29, 1.82) is 0 Å². The molecule has 25 heavy (non-hydrogen) atoms. The lowest BCUT2D eigenvalue weighted by Gasteiger charge is -2.40. The molecule has 2 aromatic rings. The van der Waals surface area contributed by atoms with Crippen molar-refractivity contribution in [3.8, 4) is 0 Å². The van der Waals surface area contributed by atoms with Crippen molar-refractivity contribution in [3.63, 3.8) is 0 Å². The second-order valence-electron chi connectivity index (χ2n) is 8.31. The Hall–Kier alpha value is -1.64. The fourth-order valence-electron chi connectivity index (χ4n) is 3.39. The van der Waals surface area contributed by atoms with Crippen LogP contribution in [-0.2, 0) is 4.84 Å². The third-order valence-electron chi connectivity index (χ3n) is 4.84. The molecule has 0 bridgehead atoms. The van der Waals surface area contributed by atoms with Gasteiger partial charge in [0, 0.05) is 12.0 Å². The highest BCUT2D eigenvalue weighted by atomic mass is 16.7. The van der Waals surface area contributed by atoms with Crippen molar-refractivity contribution in [3.05, 3.63) is 71.8 Å². The highest BCUT2D eigenvalue weighted by Gasteiger charge is 2.35. The predicted octanol–water partition coefficient (Wildman–Crippen LogP) is 6.12. The van der Waals surface area contributed by atoms with Crippen molar-refractivity contribution in [1.82, 2.24) is 5.48 Å². The smallest absolute Gasteiger partial charge is 0.101 e. The molecule has 2 rings (SSSR count). The maximum absolute atomic E-state index is 6.12. The molecular formula is C23H33NO. The van der Waals surface area contributed by atoms with E-state index >= 15 is 0 Å². The van der Waals surface area contributed by atoms with Gasteiger partial charge in [0.2, 0.25) is 0 Å². The zero-order valence-electron chi connectivity index (χ0n) is 16.5. The zero-order valence-corrected chi connectivity index (χ0v) is 16.5. The maximum atomic E-state index is 6.12. The highest BCUT2D eigenvalue weighted by Crippen LogP contribution is 2.37. The second kappa shape index (κ2) is 8.64. The molecular weight excluding hydrogens is 306 g/mol. The summed E-state index contributed by atoms with van der Waals surface area (Å²) in [6, 6.07) is 21.3. The quantitative estimate of drug-likeness (QED) is 0.613. The summed E-state index contributed by atoms with van der Waals surface area (Å²) < 4.78 is 0. The molecule has 0 heterocycles. The molecule has 0 spiro atoms. The Kier molecular flexibility index (Phi) is 6.80. The zero-order chi connectivity index (χ0) is 18.4. The Morgan fingerprint density at radius 2 is 1.24 bits per heavy atom. The van der Waals surface area contributed by atoms with Crippen LogP contribution in [0.2, 0.25) is 0 Å². The van der Waals surface area contributed by atoms with Gasteiger partial charge in [-0.15, -0.1) is 0 Å². The standard InChI is InChI=1S/C23H33NO/c1-17(2)21(20-15-11-8-12-16-20)22(23(4,5)6)24-25-18(3)19-13-9-7-10-14-19/h7-18,21-22,24H,1-6H3. The fraction of sp³-hybridized carbons (Fsp3) is 0.478. The summed E-state index contributed by atoms with van der Waals surface area (Å²) in [6.07, 6.45) is 0.00892. The Morgan fingerprint density at radius 1 is 0.760 bits per heavy atom. The van der Waals surface area contributed by atoms with Gasteiger partial charge in [-0.05, 0) is 29.4 Å². The third-order valence-corrected chi connectivity index (χ3v) is 4.84. The number of nitrogens with one attached hydrogen (secondary N) is 1. The van der Waals surface area contributed by atoms with Gasteiger partial charge in [0.25, 0.3) is 0 Å². The molecule has 0 aliphatic carbocycles. The van der Waals surface area contributed by atoms with Crippen molar-refractivity contribution in [2.45, 2.75) is 59.6 Å². The molecule has 3 atom stereocenters. The van der Waals surface area contributed by atoms with Crippen LogP contribution < -0.4 is 5.48 Å². The van der Waals surface area contributed by atoms with E-state index in [0.29, 0.717) is 11.8 Å². The second-order valence-corrected chi connectivity index (χ2v) is 8.31. The maximum Gasteiger partial charge on any atom is 0.101 e. The molecule has 0 aromatic heterocycles. The van der Waals surface area contributed by atoms with Gasteiger partial charge in [-0.3, -0.25) is 4.84 Å². The fourth-order valence-corrected chi connectivity index (χ4v) is 3.39. The highest BCUT2D eigenvalue weighted by molar-refractivity contribution is 5.23. The van der Waals surface area contributed by atoms with Gasteiger partial charge in [0.05, 0.1) is 0 Å². The first-order valence-electron chi connectivity index (χ1n) is 9.31. The van der Waals surface area contributed by atoms with Crippen LogP contribution in [0.25, 0.3) is 0 Å². The van der Waals surface area contributed by atoms with Crippen LogP contribution in [0.1, 0.15) is 64.7 Å². The lowest BCUT2D eigenvalue weighted by molar-refractivity contribution is -0.0671. The number of hydroxylamine groups is 1. The Labute approximate surface area is 153 Å². The van der Waals surface area contributed by atoms with Gasteiger partial charge in [0.15, 0.2) is 0 Å². The minimum atomic E-state index is 0.00892. The van der Waals surface area contributed by atoms with Crippen LogP contribution >= 0.6 is 0 Å². The molecule has 0 aliphatic rings. The number of hydrogen-bond acceptors (Lipinski definition) is 2. The monoisotopic (exact) mass is 339 g/mol. The molecule has 0 fully saturated rings. The van der Waals surface area contributed by atoms with Crippen LogP contribution in [0.3, 0.4) is 0 Å². The van der Waals surface area contributed by atoms with Gasteiger partial charge in [-0.25, -0.2) is 0 Å². The molecule has 0 saturated heterocycles. The molecule has 2 aromatic carbocycles. The molecule has 3 unspecified atom stereocenters. The Bertz CT molecular complexity index is 616. The van der Waals surface area contributed by atoms with E-state index in [4.69, 9.17) is 4.84 Å². The first-order chi connectivity index (χ1) is 11.8. The molecule has 0 saturated carbocycles. The third kappa shape index (κ3) is 5.42. The molecule has 2 nitrogen and oxygen atoms in total. The minimum Gasteiger partial charge on any atom is -0.294 e. The molecule has 1 N–H and O–H groups in total. The van der Waals surface area contributed by atoms with Crippen LogP contribution in [-0.4, -0.2) is 6.04 Å². The van der Waals surface area contributed by atoms with E-state index < -0.39 is 0 Å². The van der Waals surface area contributed by atoms with Crippen molar-refractivity contribution >= 4 is 0 Å². The summed E-state index contributed by atoms with van der Waals surface area (Å²) in [5, 5.41) is 0. The number of rotatable bonds is 7. The lowest BCUT2D eigenvalue weighted by atomic mass is 9.72.